The normalized spacial score (nSPS) is 12.4. The van der Waals surface area contributed by atoms with E-state index in [4.69, 9.17) is 11.6 Å². The van der Waals surface area contributed by atoms with Crippen LogP contribution in [0.5, 0.6) is 0 Å². The summed E-state index contributed by atoms with van der Waals surface area (Å²) in [5, 5.41) is 3.86. The minimum absolute atomic E-state index is 0.166. The molecule has 2 aromatic carbocycles. The first kappa shape index (κ1) is 14.0. The molecule has 0 spiro atoms. The fourth-order valence-electron chi connectivity index (χ4n) is 1.91. The van der Waals surface area contributed by atoms with Gasteiger partial charge in [0.2, 0.25) is 0 Å². The maximum Gasteiger partial charge on any atom is 0.127 e. The van der Waals surface area contributed by atoms with Crippen LogP contribution in [0.4, 0.5) is 4.39 Å². The van der Waals surface area contributed by atoms with E-state index in [9.17, 15) is 4.39 Å². The Morgan fingerprint density at radius 2 is 1.84 bits per heavy atom. The van der Waals surface area contributed by atoms with E-state index in [0.29, 0.717) is 17.1 Å². The highest BCUT2D eigenvalue weighted by atomic mass is 35.5. The molecule has 0 aliphatic carbocycles. The molecule has 0 saturated heterocycles. The molecule has 2 rings (SSSR count). The Morgan fingerprint density at radius 1 is 1.16 bits per heavy atom. The van der Waals surface area contributed by atoms with Crippen molar-refractivity contribution in [3.8, 4) is 0 Å². The summed E-state index contributed by atoms with van der Waals surface area (Å²) in [7, 11) is 0. The van der Waals surface area contributed by atoms with E-state index >= 15 is 0 Å². The third-order valence-corrected chi connectivity index (χ3v) is 3.42. The van der Waals surface area contributed by atoms with Crippen molar-refractivity contribution in [1.82, 2.24) is 5.32 Å². The van der Waals surface area contributed by atoms with Crippen LogP contribution in [0.1, 0.15) is 29.7 Å². The van der Waals surface area contributed by atoms with Crippen LogP contribution < -0.4 is 5.32 Å². The van der Waals surface area contributed by atoms with Gasteiger partial charge in [0.1, 0.15) is 5.82 Å². The van der Waals surface area contributed by atoms with Crippen LogP contribution in [0.25, 0.3) is 0 Å². The molecule has 0 aliphatic rings. The van der Waals surface area contributed by atoms with E-state index in [0.717, 1.165) is 0 Å². The molecule has 0 radical (unpaired) electrons. The van der Waals surface area contributed by atoms with Crippen LogP contribution in [0.2, 0.25) is 5.02 Å². The van der Waals surface area contributed by atoms with Gasteiger partial charge in [-0.15, -0.1) is 0 Å². The molecule has 0 saturated carbocycles. The highest BCUT2D eigenvalue weighted by Gasteiger charge is 2.07. The standard InChI is InChI=1S/C16H17ClFN/c1-11-3-5-13(6-4-11)12(2)19-10-14-9-15(17)7-8-16(14)18/h3-9,12,19H,10H2,1-2H3/t12-/m0/s1. The highest BCUT2D eigenvalue weighted by Crippen LogP contribution is 2.17. The Labute approximate surface area is 118 Å². The lowest BCUT2D eigenvalue weighted by Crippen LogP contribution is -2.18. The summed E-state index contributed by atoms with van der Waals surface area (Å²) in [6.45, 7) is 4.58. The molecule has 100 valence electrons. The Morgan fingerprint density at radius 3 is 2.53 bits per heavy atom. The van der Waals surface area contributed by atoms with Gasteiger partial charge in [-0.25, -0.2) is 4.39 Å². The summed E-state index contributed by atoms with van der Waals surface area (Å²) >= 11 is 5.87. The van der Waals surface area contributed by atoms with Crippen LogP contribution in [0.3, 0.4) is 0 Å². The third kappa shape index (κ3) is 3.79. The smallest absolute Gasteiger partial charge is 0.127 e. The molecule has 2 aromatic rings. The second-order valence-corrected chi connectivity index (χ2v) is 5.19. The van der Waals surface area contributed by atoms with Crippen molar-refractivity contribution in [2.24, 2.45) is 0 Å². The first-order chi connectivity index (χ1) is 9.06. The highest BCUT2D eigenvalue weighted by molar-refractivity contribution is 6.30. The van der Waals surface area contributed by atoms with Gasteiger partial charge in [-0.2, -0.15) is 0 Å². The molecule has 0 aromatic heterocycles. The number of rotatable bonds is 4. The Kier molecular flexibility index (Phi) is 4.56. The molecule has 0 fully saturated rings. The molecule has 0 heterocycles. The molecule has 1 N–H and O–H groups in total. The fraction of sp³-hybridized carbons (Fsp3) is 0.250. The number of hydrogen-bond acceptors (Lipinski definition) is 1. The number of halogens is 2. The topological polar surface area (TPSA) is 12.0 Å². The Balaban J connectivity index is 2.02. The lowest BCUT2D eigenvalue weighted by atomic mass is 10.1. The van der Waals surface area contributed by atoms with E-state index < -0.39 is 0 Å². The summed E-state index contributed by atoms with van der Waals surface area (Å²) < 4.78 is 13.6. The van der Waals surface area contributed by atoms with Crippen LogP contribution in [-0.2, 0) is 6.54 Å². The van der Waals surface area contributed by atoms with Crippen molar-refractivity contribution >= 4 is 11.6 Å². The minimum Gasteiger partial charge on any atom is -0.306 e. The van der Waals surface area contributed by atoms with Gasteiger partial charge in [0.25, 0.3) is 0 Å². The molecular weight excluding hydrogens is 261 g/mol. The molecule has 1 nitrogen and oxygen atoms in total. The zero-order chi connectivity index (χ0) is 13.8. The largest absolute Gasteiger partial charge is 0.306 e. The molecule has 3 heteroatoms. The Hall–Kier alpha value is -1.38. The van der Waals surface area contributed by atoms with Crippen molar-refractivity contribution in [2.45, 2.75) is 26.4 Å². The van der Waals surface area contributed by atoms with E-state index in [-0.39, 0.29) is 11.9 Å². The predicted octanol–water partition coefficient (Wildman–Crippen LogP) is 4.64. The fourth-order valence-corrected chi connectivity index (χ4v) is 2.11. The molecular formula is C16H17ClFN. The molecule has 19 heavy (non-hydrogen) atoms. The first-order valence-electron chi connectivity index (χ1n) is 6.30. The summed E-state index contributed by atoms with van der Waals surface area (Å²) in [6.07, 6.45) is 0. The van der Waals surface area contributed by atoms with Gasteiger partial charge < -0.3 is 5.32 Å². The summed E-state index contributed by atoms with van der Waals surface area (Å²) in [4.78, 5) is 0. The predicted molar refractivity (Wildman–Crippen MR) is 77.8 cm³/mol. The first-order valence-corrected chi connectivity index (χ1v) is 6.68. The second kappa shape index (κ2) is 6.18. The molecule has 0 bridgehead atoms. The number of benzene rings is 2. The summed E-state index contributed by atoms with van der Waals surface area (Å²) in [5.41, 5.74) is 3.01. The second-order valence-electron chi connectivity index (χ2n) is 4.75. The molecule has 0 amide bonds. The zero-order valence-electron chi connectivity index (χ0n) is 11.1. The van der Waals surface area contributed by atoms with E-state index in [2.05, 4.69) is 43.4 Å². The lowest BCUT2D eigenvalue weighted by molar-refractivity contribution is 0.544. The van der Waals surface area contributed by atoms with Crippen molar-refractivity contribution in [3.63, 3.8) is 0 Å². The van der Waals surface area contributed by atoms with E-state index in [1.54, 1.807) is 12.1 Å². The van der Waals surface area contributed by atoms with Gasteiger partial charge in [0, 0.05) is 23.2 Å². The number of nitrogens with one attached hydrogen (secondary N) is 1. The average Bonchev–Trinajstić information content (AvgIpc) is 2.40. The van der Waals surface area contributed by atoms with Crippen LogP contribution >= 0.6 is 11.6 Å². The quantitative estimate of drug-likeness (QED) is 0.858. The van der Waals surface area contributed by atoms with Crippen LogP contribution in [-0.4, -0.2) is 0 Å². The van der Waals surface area contributed by atoms with Crippen LogP contribution in [0.15, 0.2) is 42.5 Å². The van der Waals surface area contributed by atoms with E-state index in [1.807, 2.05) is 0 Å². The van der Waals surface area contributed by atoms with Gasteiger partial charge in [-0.1, -0.05) is 41.4 Å². The van der Waals surface area contributed by atoms with Gasteiger partial charge in [0.15, 0.2) is 0 Å². The number of aryl methyl sites for hydroxylation is 1. The van der Waals surface area contributed by atoms with Gasteiger partial charge in [-0.05, 0) is 37.6 Å². The number of hydrogen-bond donors (Lipinski definition) is 1. The molecule has 0 unspecified atom stereocenters. The zero-order valence-corrected chi connectivity index (χ0v) is 11.8. The Bertz CT molecular complexity index is 551. The lowest BCUT2D eigenvalue weighted by Gasteiger charge is -2.15. The maximum atomic E-state index is 13.6. The summed E-state index contributed by atoms with van der Waals surface area (Å²) in [5.74, 6) is -0.229. The third-order valence-electron chi connectivity index (χ3n) is 3.18. The molecule has 1 atom stereocenters. The minimum atomic E-state index is -0.229. The van der Waals surface area contributed by atoms with Crippen LogP contribution in [0, 0.1) is 12.7 Å². The van der Waals surface area contributed by atoms with Crippen molar-refractivity contribution < 1.29 is 4.39 Å². The monoisotopic (exact) mass is 277 g/mol. The van der Waals surface area contributed by atoms with Gasteiger partial charge in [0.05, 0.1) is 0 Å². The average molecular weight is 278 g/mol. The SMILES string of the molecule is Cc1ccc([C@H](C)NCc2cc(Cl)ccc2F)cc1. The van der Waals surface area contributed by atoms with Gasteiger partial charge in [-0.3, -0.25) is 0 Å². The van der Waals surface area contributed by atoms with Crippen molar-refractivity contribution in [2.75, 3.05) is 0 Å². The van der Waals surface area contributed by atoms with Gasteiger partial charge >= 0.3 is 0 Å². The summed E-state index contributed by atoms with van der Waals surface area (Å²) in [6, 6.07) is 13.1. The molecule has 0 aliphatic heterocycles. The van der Waals surface area contributed by atoms with E-state index in [1.165, 1.54) is 17.2 Å². The van der Waals surface area contributed by atoms with Crippen molar-refractivity contribution in [1.29, 1.82) is 0 Å². The maximum absolute atomic E-state index is 13.6. The van der Waals surface area contributed by atoms with Crippen molar-refractivity contribution in [3.05, 3.63) is 70.0 Å².